The van der Waals surface area contributed by atoms with Crippen molar-refractivity contribution in [2.24, 2.45) is 5.73 Å². The predicted molar refractivity (Wildman–Crippen MR) is 134 cm³/mol. The van der Waals surface area contributed by atoms with Crippen molar-refractivity contribution in [3.05, 3.63) is 51.3 Å². The summed E-state index contributed by atoms with van der Waals surface area (Å²) in [5, 5.41) is 13.7. The van der Waals surface area contributed by atoms with E-state index in [9.17, 15) is 10.1 Å². The number of amides is 1. The molecule has 0 unspecified atom stereocenters. The molecule has 10 heteroatoms. The Morgan fingerprint density at radius 1 is 1.37 bits per heavy atom. The number of anilines is 2. The van der Waals surface area contributed by atoms with Gasteiger partial charge in [0.25, 0.3) is 5.91 Å². The number of carbonyl (C=O) groups is 1. The Balaban J connectivity index is 1.38. The summed E-state index contributed by atoms with van der Waals surface area (Å²) >= 11 is 1.26. The largest absolute Gasteiger partial charge is 0.397 e. The van der Waals surface area contributed by atoms with Crippen LogP contribution >= 0.6 is 11.3 Å². The fourth-order valence-corrected chi connectivity index (χ4v) is 6.19. The van der Waals surface area contributed by atoms with Crippen molar-refractivity contribution in [3.8, 4) is 6.07 Å². The van der Waals surface area contributed by atoms with E-state index in [2.05, 4.69) is 16.4 Å². The van der Waals surface area contributed by atoms with Crippen molar-refractivity contribution in [2.75, 3.05) is 30.8 Å². The summed E-state index contributed by atoms with van der Waals surface area (Å²) in [6, 6.07) is 6.97. The van der Waals surface area contributed by atoms with Crippen LogP contribution in [0.15, 0.2) is 18.2 Å². The molecule has 0 spiro atoms. The van der Waals surface area contributed by atoms with Gasteiger partial charge in [0.15, 0.2) is 0 Å². The molecule has 5 N–H and O–H groups in total. The van der Waals surface area contributed by atoms with Crippen molar-refractivity contribution in [1.29, 1.82) is 5.26 Å². The monoisotopic (exact) mass is 494 g/mol. The lowest BCUT2D eigenvalue weighted by atomic mass is 9.84. The topological polar surface area (TPSA) is 130 Å². The standard InChI is InChI=1S/C25H27FN6O2S/c1-12-3-5-15-22(29)23(35-25(15)30-12)24(33)31-13-4-6-14-16(7-13)18(26)8-20(17(14)9-27)32-10-19(28)21(11-32)34-2/h3,5,8,13,19,21H,4,6-7,10-11,28-29H2,1-2H3,(H,31,33)/t13-,19+,21+/m1/s1. The van der Waals surface area contributed by atoms with Crippen LogP contribution in [0.3, 0.4) is 0 Å². The SMILES string of the molecule is CO[C@H]1CN(c2cc(F)c3c(c2C#N)CC[C@@H](NC(=O)c2sc4nc(C)ccc4c2N)C3)C[C@@H]1N. The molecule has 0 bridgehead atoms. The lowest BCUT2D eigenvalue weighted by Crippen LogP contribution is -2.39. The van der Waals surface area contributed by atoms with E-state index < -0.39 is 0 Å². The van der Waals surface area contributed by atoms with Crippen LogP contribution in [0.4, 0.5) is 15.8 Å². The number of aromatic nitrogens is 1. The quantitative estimate of drug-likeness (QED) is 0.508. The van der Waals surface area contributed by atoms with E-state index in [-0.39, 0.29) is 29.9 Å². The van der Waals surface area contributed by atoms with Crippen molar-refractivity contribution >= 4 is 38.8 Å². The molecule has 0 radical (unpaired) electrons. The number of nitrogens with zero attached hydrogens (tertiary/aromatic N) is 3. The van der Waals surface area contributed by atoms with Crippen LogP contribution in [0, 0.1) is 24.1 Å². The zero-order valence-corrected chi connectivity index (χ0v) is 20.4. The van der Waals surface area contributed by atoms with E-state index in [4.69, 9.17) is 16.2 Å². The van der Waals surface area contributed by atoms with Gasteiger partial charge in [0.1, 0.15) is 21.6 Å². The molecule has 1 saturated heterocycles. The first-order chi connectivity index (χ1) is 16.8. The molecule has 0 saturated carbocycles. The first-order valence-electron chi connectivity index (χ1n) is 11.5. The average molecular weight is 495 g/mol. The number of nitrogen functional groups attached to an aromatic ring is 1. The Morgan fingerprint density at radius 3 is 2.89 bits per heavy atom. The maximum absolute atomic E-state index is 15.3. The van der Waals surface area contributed by atoms with Gasteiger partial charge in [0, 0.05) is 37.3 Å². The minimum atomic E-state index is -0.372. The van der Waals surface area contributed by atoms with E-state index >= 15 is 4.39 Å². The molecule has 35 heavy (non-hydrogen) atoms. The number of thiophene rings is 1. The van der Waals surface area contributed by atoms with Gasteiger partial charge >= 0.3 is 0 Å². The maximum atomic E-state index is 15.3. The molecule has 3 heterocycles. The summed E-state index contributed by atoms with van der Waals surface area (Å²) in [7, 11) is 1.60. The van der Waals surface area contributed by atoms with Gasteiger partial charge in [0.05, 0.1) is 29.1 Å². The van der Waals surface area contributed by atoms with Crippen LogP contribution in [-0.4, -0.2) is 49.3 Å². The number of nitriles is 1. The van der Waals surface area contributed by atoms with Crippen LogP contribution in [-0.2, 0) is 17.6 Å². The number of methoxy groups -OCH3 is 1. The number of ether oxygens (including phenoxy) is 1. The van der Waals surface area contributed by atoms with Crippen molar-refractivity contribution in [2.45, 2.75) is 44.4 Å². The summed E-state index contributed by atoms with van der Waals surface area (Å²) in [5.41, 5.74) is 15.9. The minimum absolute atomic E-state index is 0.166. The molecular weight excluding hydrogens is 467 g/mol. The van der Waals surface area contributed by atoms with Crippen LogP contribution < -0.4 is 21.7 Å². The number of nitrogens with one attached hydrogen (secondary N) is 1. The molecule has 1 aliphatic heterocycles. The molecule has 8 nitrogen and oxygen atoms in total. The number of rotatable bonds is 4. The van der Waals surface area contributed by atoms with Gasteiger partial charge in [-0.1, -0.05) is 0 Å². The van der Waals surface area contributed by atoms with E-state index in [0.29, 0.717) is 65.3 Å². The summed E-state index contributed by atoms with van der Waals surface area (Å²) in [4.78, 5) is 20.6. The molecule has 5 rings (SSSR count). The maximum Gasteiger partial charge on any atom is 0.263 e. The number of halogens is 1. The molecule has 1 aliphatic carbocycles. The third-order valence-corrected chi connectivity index (χ3v) is 8.12. The molecule has 182 valence electrons. The Morgan fingerprint density at radius 2 is 2.17 bits per heavy atom. The van der Waals surface area contributed by atoms with Gasteiger partial charge in [-0.05, 0) is 55.5 Å². The Labute approximate surface area is 206 Å². The van der Waals surface area contributed by atoms with Crippen molar-refractivity contribution in [3.63, 3.8) is 0 Å². The summed E-state index contributed by atoms with van der Waals surface area (Å²) in [5.74, 6) is -0.658. The van der Waals surface area contributed by atoms with Crippen molar-refractivity contribution in [1.82, 2.24) is 10.3 Å². The zero-order chi connectivity index (χ0) is 24.9. The second-order valence-corrected chi connectivity index (χ2v) is 10.2. The number of hydrogen-bond donors (Lipinski definition) is 3. The first kappa shape index (κ1) is 23.5. The average Bonchev–Trinajstić information content (AvgIpc) is 3.38. The van der Waals surface area contributed by atoms with Gasteiger partial charge in [-0.25, -0.2) is 9.37 Å². The highest BCUT2D eigenvalue weighted by molar-refractivity contribution is 7.21. The van der Waals surface area contributed by atoms with Crippen LogP contribution in [0.2, 0.25) is 0 Å². The van der Waals surface area contributed by atoms with E-state index in [1.165, 1.54) is 17.4 Å². The smallest absolute Gasteiger partial charge is 0.263 e. The highest BCUT2D eigenvalue weighted by Crippen LogP contribution is 2.36. The lowest BCUT2D eigenvalue weighted by molar-refractivity contribution is 0.0938. The number of fused-ring (bicyclic) bond motifs is 2. The fourth-order valence-electron chi connectivity index (χ4n) is 5.14. The third kappa shape index (κ3) is 4.10. The zero-order valence-electron chi connectivity index (χ0n) is 19.6. The molecule has 2 aliphatic rings. The van der Waals surface area contributed by atoms with Gasteiger partial charge in [0.2, 0.25) is 0 Å². The number of carbonyl (C=O) groups excluding carboxylic acids is 1. The Bertz CT molecular complexity index is 1370. The molecule has 1 aromatic carbocycles. The second-order valence-electron chi connectivity index (χ2n) is 9.23. The number of nitrogens with two attached hydrogens (primary N) is 2. The van der Waals surface area contributed by atoms with Gasteiger partial charge in [-0.2, -0.15) is 5.26 Å². The highest BCUT2D eigenvalue weighted by atomic mass is 32.1. The van der Waals surface area contributed by atoms with Gasteiger partial charge in [-0.15, -0.1) is 11.3 Å². The summed E-state index contributed by atoms with van der Waals surface area (Å²) in [6.45, 7) is 2.89. The Hall–Kier alpha value is -3.26. The normalized spacial score (nSPS) is 21.7. The molecular formula is C25H27FN6O2S. The van der Waals surface area contributed by atoms with Crippen LogP contribution in [0.5, 0.6) is 0 Å². The number of pyridine rings is 1. The van der Waals surface area contributed by atoms with E-state index in [1.54, 1.807) is 7.11 Å². The number of aryl methyl sites for hydroxylation is 1. The number of hydrogen-bond acceptors (Lipinski definition) is 8. The Kier molecular flexibility index (Phi) is 6.09. The molecule has 1 fully saturated rings. The summed E-state index contributed by atoms with van der Waals surface area (Å²) < 4.78 is 20.7. The van der Waals surface area contributed by atoms with Crippen LogP contribution in [0.25, 0.3) is 10.2 Å². The first-order valence-corrected chi connectivity index (χ1v) is 12.4. The highest BCUT2D eigenvalue weighted by Gasteiger charge is 2.34. The third-order valence-electron chi connectivity index (χ3n) is 7.01. The second kappa shape index (κ2) is 9.07. The fraction of sp³-hybridized carbons (Fsp3) is 0.400. The molecule has 1 amide bonds. The summed E-state index contributed by atoms with van der Waals surface area (Å²) in [6.07, 6.45) is 1.23. The van der Waals surface area contributed by atoms with Gasteiger partial charge < -0.3 is 26.4 Å². The van der Waals surface area contributed by atoms with Crippen LogP contribution in [0.1, 0.15) is 38.5 Å². The lowest BCUT2D eigenvalue weighted by Gasteiger charge is -2.29. The van der Waals surface area contributed by atoms with Crippen molar-refractivity contribution < 1.29 is 13.9 Å². The van der Waals surface area contributed by atoms with E-state index in [0.717, 1.165) is 15.9 Å². The predicted octanol–water partition coefficient (Wildman–Crippen LogP) is 2.65. The molecule has 3 aromatic rings. The minimum Gasteiger partial charge on any atom is -0.397 e. The molecule has 2 aromatic heterocycles. The van der Waals surface area contributed by atoms with Gasteiger partial charge in [-0.3, -0.25) is 4.79 Å². The van der Waals surface area contributed by atoms with E-state index in [1.807, 2.05) is 24.0 Å². The number of benzene rings is 1. The molecule has 3 atom stereocenters.